The molecule has 106 valence electrons. The average Bonchev–Trinajstić information content (AvgIpc) is 2.34. The molecule has 0 aromatic heterocycles. The highest BCUT2D eigenvalue weighted by molar-refractivity contribution is 7.89. The maximum atomic E-state index is 11.5. The molecule has 0 saturated carbocycles. The molecular formula is C12H24N2O3S. The fourth-order valence-corrected chi connectivity index (χ4v) is 2.25. The minimum absolute atomic E-state index is 0.0853. The van der Waals surface area contributed by atoms with Crippen LogP contribution in [0.4, 0.5) is 0 Å². The molecule has 0 unspecified atom stereocenters. The fourth-order valence-electron chi connectivity index (χ4n) is 1.40. The van der Waals surface area contributed by atoms with Crippen LogP contribution in [0.5, 0.6) is 0 Å². The van der Waals surface area contributed by atoms with Gasteiger partial charge in [0.05, 0.1) is 5.75 Å². The summed E-state index contributed by atoms with van der Waals surface area (Å²) in [5.41, 5.74) is 0.701. The van der Waals surface area contributed by atoms with E-state index in [1.54, 1.807) is 20.9 Å². The third kappa shape index (κ3) is 6.16. The smallest absolute Gasteiger partial charge is 0.246 e. The summed E-state index contributed by atoms with van der Waals surface area (Å²) in [5, 5.41) is 2.76. The lowest BCUT2D eigenvalue weighted by atomic mass is 10.2. The quantitative estimate of drug-likeness (QED) is 0.534. The number of nitrogens with one attached hydrogen (secondary N) is 1. The van der Waals surface area contributed by atoms with Crippen molar-refractivity contribution in [2.75, 3.05) is 25.9 Å². The van der Waals surface area contributed by atoms with Crippen LogP contribution < -0.4 is 5.32 Å². The van der Waals surface area contributed by atoms with Gasteiger partial charge in [-0.1, -0.05) is 13.0 Å². The van der Waals surface area contributed by atoms with Gasteiger partial charge < -0.3 is 5.32 Å². The Kier molecular flexibility index (Phi) is 7.86. The van der Waals surface area contributed by atoms with Crippen molar-refractivity contribution in [3.05, 3.63) is 11.6 Å². The van der Waals surface area contributed by atoms with E-state index in [1.165, 1.54) is 4.31 Å². The number of carbonyl (C=O) groups is 1. The van der Waals surface area contributed by atoms with Crippen LogP contribution in [0.2, 0.25) is 0 Å². The number of carbonyl (C=O) groups excluding carboxylic acids is 1. The van der Waals surface area contributed by atoms with Crippen LogP contribution in [0.25, 0.3) is 0 Å². The Hall–Kier alpha value is -0.880. The van der Waals surface area contributed by atoms with Crippen molar-refractivity contribution in [3.63, 3.8) is 0 Å². The molecular weight excluding hydrogens is 252 g/mol. The highest BCUT2D eigenvalue weighted by atomic mass is 32.2. The molecule has 0 bridgehead atoms. The van der Waals surface area contributed by atoms with E-state index >= 15 is 0 Å². The molecule has 0 radical (unpaired) electrons. The van der Waals surface area contributed by atoms with Gasteiger partial charge in [-0.05, 0) is 26.7 Å². The monoisotopic (exact) mass is 276 g/mol. The first-order chi connectivity index (χ1) is 8.35. The minimum atomic E-state index is -3.11. The number of nitrogens with zero attached hydrogens (tertiary/aromatic N) is 1. The van der Waals surface area contributed by atoms with Gasteiger partial charge in [-0.25, -0.2) is 12.7 Å². The van der Waals surface area contributed by atoms with Gasteiger partial charge in [0.1, 0.15) is 0 Å². The molecule has 6 heteroatoms. The van der Waals surface area contributed by atoms with E-state index in [4.69, 9.17) is 0 Å². The van der Waals surface area contributed by atoms with Gasteiger partial charge in [0.25, 0.3) is 0 Å². The molecule has 18 heavy (non-hydrogen) atoms. The van der Waals surface area contributed by atoms with Crippen LogP contribution >= 0.6 is 0 Å². The summed E-state index contributed by atoms with van der Waals surface area (Å²) >= 11 is 0. The van der Waals surface area contributed by atoms with Crippen LogP contribution in [0, 0.1) is 0 Å². The zero-order chi connectivity index (χ0) is 14.2. The van der Waals surface area contributed by atoms with Crippen molar-refractivity contribution in [1.82, 2.24) is 9.62 Å². The Balaban J connectivity index is 3.95. The zero-order valence-corrected chi connectivity index (χ0v) is 12.5. The van der Waals surface area contributed by atoms with Crippen molar-refractivity contribution in [1.29, 1.82) is 0 Å². The first kappa shape index (κ1) is 17.1. The summed E-state index contributed by atoms with van der Waals surface area (Å²) in [6, 6.07) is 0. The summed E-state index contributed by atoms with van der Waals surface area (Å²) in [5.74, 6) is 0.0200. The lowest BCUT2D eigenvalue weighted by Gasteiger charge is -2.15. The molecule has 0 heterocycles. The van der Waals surface area contributed by atoms with E-state index in [9.17, 15) is 13.2 Å². The third-order valence-corrected chi connectivity index (χ3v) is 4.51. The third-order valence-electron chi connectivity index (χ3n) is 2.64. The maximum absolute atomic E-state index is 11.5. The molecule has 1 N–H and O–H groups in total. The molecule has 0 atom stereocenters. The second-order valence-electron chi connectivity index (χ2n) is 4.13. The Labute approximate surface area is 110 Å². The first-order valence-corrected chi connectivity index (χ1v) is 7.85. The molecule has 0 rings (SSSR count). The first-order valence-electron chi connectivity index (χ1n) is 6.24. The van der Waals surface area contributed by atoms with Crippen molar-refractivity contribution in [3.8, 4) is 0 Å². The fraction of sp³-hybridized carbons (Fsp3) is 0.750. The standard InChI is InChI=1S/C12H24N2O3S/c1-5-8-11(3)12(15)13-9-7-10-14(4)18(16,17)6-2/h8H,5-7,9-10H2,1-4H3,(H,13,15). The van der Waals surface area contributed by atoms with E-state index in [0.717, 1.165) is 6.42 Å². The van der Waals surface area contributed by atoms with Gasteiger partial charge in [-0.2, -0.15) is 0 Å². The molecule has 0 aliphatic rings. The molecule has 1 amide bonds. The predicted octanol–water partition coefficient (Wildman–Crippen LogP) is 1.13. The number of rotatable bonds is 8. The van der Waals surface area contributed by atoms with Gasteiger partial charge in [-0.15, -0.1) is 0 Å². The summed E-state index contributed by atoms with van der Waals surface area (Å²) in [7, 11) is -1.56. The van der Waals surface area contributed by atoms with E-state index < -0.39 is 10.0 Å². The SMILES string of the molecule is CCC=C(C)C(=O)NCCCN(C)S(=O)(=O)CC. The van der Waals surface area contributed by atoms with E-state index in [2.05, 4.69) is 5.32 Å². The molecule has 0 aliphatic carbocycles. The van der Waals surface area contributed by atoms with Crippen LogP contribution in [-0.2, 0) is 14.8 Å². The van der Waals surface area contributed by atoms with Crippen LogP contribution in [0.15, 0.2) is 11.6 Å². The summed E-state index contributed by atoms with van der Waals surface area (Å²) in [6.07, 6.45) is 3.31. The number of hydrogen-bond acceptors (Lipinski definition) is 3. The summed E-state index contributed by atoms with van der Waals surface area (Å²) in [4.78, 5) is 11.5. The summed E-state index contributed by atoms with van der Waals surface area (Å²) in [6.45, 7) is 6.27. The zero-order valence-electron chi connectivity index (χ0n) is 11.7. The second kappa shape index (κ2) is 8.26. The average molecular weight is 276 g/mol. The highest BCUT2D eigenvalue weighted by Gasteiger charge is 2.14. The minimum Gasteiger partial charge on any atom is -0.352 e. The van der Waals surface area contributed by atoms with Gasteiger partial charge in [-0.3, -0.25) is 4.79 Å². The molecule has 0 saturated heterocycles. The van der Waals surface area contributed by atoms with Crippen molar-refractivity contribution in [2.24, 2.45) is 0 Å². The largest absolute Gasteiger partial charge is 0.352 e. The Morgan fingerprint density at radius 1 is 1.33 bits per heavy atom. The number of hydrogen-bond donors (Lipinski definition) is 1. The van der Waals surface area contributed by atoms with E-state index in [0.29, 0.717) is 25.1 Å². The van der Waals surface area contributed by atoms with Gasteiger partial charge >= 0.3 is 0 Å². The van der Waals surface area contributed by atoms with Crippen molar-refractivity contribution >= 4 is 15.9 Å². The van der Waals surface area contributed by atoms with E-state index in [-0.39, 0.29) is 11.7 Å². The van der Waals surface area contributed by atoms with Crippen molar-refractivity contribution in [2.45, 2.75) is 33.6 Å². The van der Waals surface area contributed by atoms with Crippen LogP contribution in [0.1, 0.15) is 33.6 Å². The molecule has 0 fully saturated rings. The lowest BCUT2D eigenvalue weighted by Crippen LogP contribution is -2.32. The molecule has 0 aliphatic heterocycles. The molecule has 0 spiro atoms. The Morgan fingerprint density at radius 3 is 2.44 bits per heavy atom. The second-order valence-corrected chi connectivity index (χ2v) is 6.49. The topological polar surface area (TPSA) is 66.5 Å². The predicted molar refractivity (Wildman–Crippen MR) is 73.8 cm³/mol. The molecule has 5 nitrogen and oxygen atoms in total. The van der Waals surface area contributed by atoms with Crippen LogP contribution in [-0.4, -0.2) is 44.5 Å². The Morgan fingerprint density at radius 2 is 1.94 bits per heavy atom. The molecule has 0 aromatic carbocycles. The Bertz CT molecular complexity index is 388. The molecule has 0 aromatic rings. The van der Waals surface area contributed by atoms with Gasteiger partial charge in [0.2, 0.25) is 15.9 Å². The maximum Gasteiger partial charge on any atom is 0.246 e. The van der Waals surface area contributed by atoms with E-state index in [1.807, 2.05) is 13.0 Å². The number of sulfonamides is 1. The normalized spacial score (nSPS) is 12.8. The van der Waals surface area contributed by atoms with Gasteiger partial charge in [0, 0.05) is 25.7 Å². The van der Waals surface area contributed by atoms with Gasteiger partial charge in [0.15, 0.2) is 0 Å². The van der Waals surface area contributed by atoms with Crippen molar-refractivity contribution < 1.29 is 13.2 Å². The summed E-state index contributed by atoms with van der Waals surface area (Å²) < 4.78 is 24.2. The lowest BCUT2D eigenvalue weighted by molar-refractivity contribution is -0.117. The van der Waals surface area contributed by atoms with Crippen LogP contribution in [0.3, 0.4) is 0 Å². The highest BCUT2D eigenvalue weighted by Crippen LogP contribution is 1.99. The number of amides is 1. The number of allylic oxidation sites excluding steroid dienone is 1.